The zero-order valence-electron chi connectivity index (χ0n) is 7.60. The van der Waals surface area contributed by atoms with Crippen LogP contribution in [0.5, 0.6) is 0 Å². The fraction of sp³-hybridized carbons (Fsp3) is 1.00. The fourth-order valence-electron chi connectivity index (χ4n) is 0.696. The lowest BCUT2D eigenvalue weighted by Crippen LogP contribution is -2.34. The smallest absolute Gasteiger partial charge is 0.151 e. The second-order valence-corrected chi connectivity index (χ2v) is 7.87. The van der Waals surface area contributed by atoms with E-state index in [-0.39, 0.29) is 0 Å². The van der Waals surface area contributed by atoms with Gasteiger partial charge in [-0.25, -0.2) is 16.8 Å². The molecule has 0 aromatic heterocycles. The molecule has 0 spiro atoms. The Balaban J connectivity index is 4.89. The van der Waals surface area contributed by atoms with Crippen molar-refractivity contribution in [2.75, 3.05) is 12.5 Å². The topological polar surface area (TPSA) is 68.3 Å². The molecule has 0 fully saturated rings. The third-order valence-corrected chi connectivity index (χ3v) is 5.70. The molecule has 0 aliphatic heterocycles. The van der Waals surface area contributed by atoms with Gasteiger partial charge in [0.25, 0.3) is 0 Å². The van der Waals surface area contributed by atoms with E-state index < -0.39 is 30.2 Å². The summed E-state index contributed by atoms with van der Waals surface area (Å²) in [6.07, 6.45) is 2.08. The summed E-state index contributed by atoms with van der Waals surface area (Å²) in [5, 5.41) is -1.68. The van der Waals surface area contributed by atoms with Crippen molar-refractivity contribution >= 4 is 19.7 Å². The zero-order valence-corrected chi connectivity index (χ0v) is 9.24. The van der Waals surface area contributed by atoms with E-state index >= 15 is 0 Å². The summed E-state index contributed by atoms with van der Waals surface area (Å²) in [5.74, 6) is 0. The molecule has 0 heterocycles. The van der Waals surface area contributed by atoms with E-state index in [1.807, 2.05) is 0 Å². The Hall–Kier alpha value is -0.100. The first-order valence-electron chi connectivity index (χ1n) is 3.44. The van der Waals surface area contributed by atoms with Gasteiger partial charge in [0, 0.05) is 12.5 Å². The molecule has 0 bridgehead atoms. The van der Waals surface area contributed by atoms with Crippen LogP contribution in [0.3, 0.4) is 0 Å². The summed E-state index contributed by atoms with van der Waals surface area (Å²) in [4.78, 5) is 0. The van der Waals surface area contributed by atoms with Gasteiger partial charge in [-0.15, -0.1) is 0 Å². The molecule has 0 saturated heterocycles. The first-order valence-corrected chi connectivity index (χ1v) is 7.35. The molecule has 4 nitrogen and oxygen atoms in total. The Bertz CT molecular complexity index is 302. The molecule has 6 heteroatoms. The van der Waals surface area contributed by atoms with Crippen LogP contribution in [0, 0.1) is 0 Å². The van der Waals surface area contributed by atoms with E-state index in [1.165, 1.54) is 13.8 Å². The van der Waals surface area contributed by atoms with Crippen molar-refractivity contribution in [1.82, 2.24) is 0 Å². The number of hydrogen-bond donors (Lipinski definition) is 0. The van der Waals surface area contributed by atoms with Crippen LogP contribution >= 0.6 is 0 Å². The summed E-state index contributed by atoms with van der Waals surface area (Å²) in [5.41, 5.74) is 0. The van der Waals surface area contributed by atoms with Crippen molar-refractivity contribution in [3.8, 4) is 0 Å². The standard InChI is InChI=1S/C6H14O4S2/c1-5(11(3,7)8)6(2)12(4,9)10/h5-6H,1-4H3. The molecule has 0 saturated carbocycles. The van der Waals surface area contributed by atoms with E-state index in [4.69, 9.17) is 0 Å². The minimum Gasteiger partial charge on any atom is -0.229 e. The maximum absolute atomic E-state index is 11.0. The third kappa shape index (κ3) is 3.10. The molecular formula is C6H14O4S2. The second kappa shape index (κ2) is 3.33. The van der Waals surface area contributed by atoms with Crippen LogP contribution in [0.2, 0.25) is 0 Å². The molecule has 0 aliphatic rings. The lowest BCUT2D eigenvalue weighted by Gasteiger charge is -2.15. The Morgan fingerprint density at radius 2 is 0.917 bits per heavy atom. The van der Waals surface area contributed by atoms with Crippen molar-refractivity contribution < 1.29 is 16.8 Å². The summed E-state index contributed by atoms with van der Waals surface area (Å²) in [6.45, 7) is 2.81. The van der Waals surface area contributed by atoms with Crippen LogP contribution in [0.1, 0.15) is 13.8 Å². The highest BCUT2D eigenvalue weighted by atomic mass is 32.2. The van der Waals surface area contributed by atoms with Gasteiger partial charge in [0.05, 0.1) is 10.5 Å². The summed E-state index contributed by atoms with van der Waals surface area (Å²) < 4.78 is 43.8. The summed E-state index contributed by atoms with van der Waals surface area (Å²) in [6, 6.07) is 0. The number of hydrogen-bond acceptors (Lipinski definition) is 4. The van der Waals surface area contributed by atoms with E-state index in [0.717, 1.165) is 12.5 Å². The van der Waals surface area contributed by atoms with Gasteiger partial charge in [-0.2, -0.15) is 0 Å². The van der Waals surface area contributed by atoms with E-state index in [9.17, 15) is 16.8 Å². The Kier molecular flexibility index (Phi) is 3.31. The van der Waals surface area contributed by atoms with Crippen LogP contribution in [0.4, 0.5) is 0 Å². The molecule has 0 amide bonds. The molecule has 74 valence electrons. The van der Waals surface area contributed by atoms with Gasteiger partial charge in [0.2, 0.25) is 0 Å². The van der Waals surface area contributed by atoms with Gasteiger partial charge in [-0.3, -0.25) is 0 Å². The molecule has 2 atom stereocenters. The normalized spacial score (nSPS) is 18.7. The molecule has 0 rings (SSSR count). The Morgan fingerprint density at radius 3 is 1.00 bits per heavy atom. The van der Waals surface area contributed by atoms with Crippen molar-refractivity contribution in [2.24, 2.45) is 0 Å². The largest absolute Gasteiger partial charge is 0.229 e. The molecule has 0 aromatic carbocycles. The fourth-order valence-corrected chi connectivity index (χ4v) is 3.30. The first-order chi connectivity index (χ1) is 5.07. The SMILES string of the molecule is CC(C(C)S(C)(=O)=O)S(C)(=O)=O. The lowest BCUT2D eigenvalue weighted by molar-refractivity contribution is 0.568. The molecule has 0 aromatic rings. The highest BCUT2D eigenvalue weighted by Crippen LogP contribution is 2.11. The highest BCUT2D eigenvalue weighted by Gasteiger charge is 2.29. The van der Waals surface area contributed by atoms with Crippen LogP contribution in [-0.2, 0) is 19.7 Å². The van der Waals surface area contributed by atoms with Crippen molar-refractivity contribution in [2.45, 2.75) is 24.3 Å². The number of sulfone groups is 2. The minimum atomic E-state index is -3.26. The summed E-state index contributed by atoms with van der Waals surface area (Å²) >= 11 is 0. The molecule has 0 radical (unpaired) electrons. The van der Waals surface area contributed by atoms with Gasteiger partial charge in [0.1, 0.15) is 0 Å². The number of rotatable bonds is 3. The predicted molar refractivity (Wildman–Crippen MR) is 48.6 cm³/mol. The molecular weight excluding hydrogens is 200 g/mol. The van der Waals surface area contributed by atoms with E-state index in [0.29, 0.717) is 0 Å². The van der Waals surface area contributed by atoms with Gasteiger partial charge in [-0.1, -0.05) is 0 Å². The van der Waals surface area contributed by atoms with Crippen molar-refractivity contribution in [3.63, 3.8) is 0 Å². The lowest BCUT2D eigenvalue weighted by atomic mass is 10.4. The van der Waals surface area contributed by atoms with Gasteiger partial charge in [-0.05, 0) is 13.8 Å². The first kappa shape index (κ1) is 11.9. The minimum absolute atomic E-state index is 0.840. The molecule has 2 unspecified atom stereocenters. The quantitative estimate of drug-likeness (QED) is 0.655. The van der Waals surface area contributed by atoms with E-state index in [2.05, 4.69) is 0 Å². The highest BCUT2D eigenvalue weighted by molar-refractivity contribution is 7.95. The van der Waals surface area contributed by atoms with Gasteiger partial charge < -0.3 is 0 Å². The Morgan fingerprint density at radius 1 is 0.750 bits per heavy atom. The third-order valence-electron chi connectivity index (χ3n) is 2.01. The van der Waals surface area contributed by atoms with Crippen molar-refractivity contribution in [1.29, 1.82) is 0 Å². The maximum atomic E-state index is 11.0. The molecule has 0 N–H and O–H groups in total. The average molecular weight is 214 g/mol. The second-order valence-electron chi connectivity index (χ2n) is 3.07. The zero-order chi connectivity index (χ0) is 10.2. The molecule has 0 aliphatic carbocycles. The predicted octanol–water partition coefficient (Wildman–Crippen LogP) is -0.147. The average Bonchev–Trinajstić information content (AvgIpc) is 1.80. The van der Waals surface area contributed by atoms with Crippen LogP contribution < -0.4 is 0 Å². The monoisotopic (exact) mass is 214 g/mol. The Labute approximate surface area is 73.8 Å². The van der Waals surface area contributed by atoms with Crippen LogP contribution in [-0.4, -0.2) is 39.8 Å². The van der Waals surface area contributed by atoms with Crippen LogP contribution in [0.15, 0.2) is 0 Å². The van der Waals surface area contributed by atoms with Gasteiger partial charge >= 0.3 is 0 Å². The van der Waals surface area contributed by atoms with Crippen LogP contribution in [0.25, 0.3) is 0 Å². The van der Waals surface area contributed by atoms with Crippen molar-refractivity contribution in [3.05, 3.63) is 0 Å². The van der Waals surface area contributed by atoms with Gasteiger partial charge in [0.15, 0.2) is 19.7 Å². The maximum Gasteiger partial charge on any atom is 0.151 e. The molecule has 12 heavy (non-hydrogen) atoms. The summed E-state index contributed by atoms with van der Waals surface area (Å²) in [7, 11) is -6.53. The van der Waals surface area contributed by atoms with E-state index in [1.54, 1.807) is 0 Å².